The lowest BCUT2D eigenvalue weighted by atomic mass is 10.2. The van der Waals surface area contributed by atoms with Crippen LogP contribution in [0, 0.1) is 5.92 Å². The molecule has 146 valence electrons. The molecule has 2 aliphatic rings. The molecule has 1 aromatic carbocycles. The van der Waals surface area contributed by atoms with Gasteiger partial charge in [-0.2, -0.15) is 8.78 Å². The number of anilines is 1. The Morgan fingerprint density at radius 1 is 1.31 bits per heavy atom. The first-order valence-corrected chi connectivity index (χ1v) is 8.99. The topological polar surface area (TPSA) is 48.9 Å². The van der Waals surface area contributed by atoms with E-state index in [2.05, 4.69) is 25.3 Å². The quantitative estimate of drug-likeness (QED) is 0.357. The van der Waals surface area contributed by atoms with Gasteiger partial charge in [-0.05, 0) is 44.2 Å². The minimum absolute atomic E-state index is 0. The van der Waals surface area contributed by atoms with Crippen molar-refractivity contribution in [3.63, 3.8) is 0 Å². The summed E-state index contributed by atoms with van der Waals surface area (Å²) < 4.78 is 29.9. The van der Waals surface area contributed by atoms with Crippen LogP contribution in [0.2, 0.25) is 0 Å². The molecule has 1 atom stereocenters. The molecule has 1 unspecified atom stereocenters. The molecule has 3 rings (SSSR count). The van der Waals surface area contributed by atoms with Gasteiger partial charge in [-0.15, -0.1) is 24.0 Å². The van der Waals surface area contributed by atoms with Gasteiger partial charge in [0.25, 0.3) is 0 Å². The number of alkyl halides is 2. The van der Waals surface area contributed by atoms with Crippen LogP contribution in [0.1, 0.15) is 26.2 Å². The van der Waals surface area contributed by atoms with Gasteiger partial charge in [-0.1, -0.05) is 12.1 Å². The van der Waals surface area contributed by atoms with Crippen LogP contribution >= 0.6 is 24.0 Å². The van der Waals surface area contributed by atoms with E-state index in [0.717, 1.165) is 44.5 Å². The normalized spacial score (nSPS) is 20.1. The van der Waals surface area contributed by atoms with Crippen LogP contribution < -0.4 is 20.3 Å². The summed E-state index contributed by atoms with van der Waals surface area (Å²) in [6, 6.07) is 7.20. The van der Waals surface area contributed by atoms with Crippen molar-refractivity contribution in [3.8, 4) is 5.75 Å². The predicted octanol–water partition coefficient (Wildman–Crippen LogP) is 3.45. The third-order valence-electron chi connectivity index (χ3n) is 4.50. The molecule has 0 amide bonds. The highest BCUT2D eigenvalue weighted by Gasteiger charge is 2.26. The molecule has 1 saturated heterocycles. The van der Waals surface area contributed by atoms with E-state index in [-0.39, 0.29) is 35.8 Å². The van der Waals surface area contributed by atoms with Gasteiger partial charge in [0, 0.05) is 32.2 Å². The second kappa shape index (κ2) is 10.1. The summed E-state index contributed by atoms with van der Waals surface area (Å²) in [5.41, 5.74) is 0.715. The first-order chi connectivity index (χ1) is 12.2. The van der Waals surface area contributed by atoms with Gasteiger partial charge < -0.3 is 20.3 Å². The maximum Gasteiger partial charge on any atom is 0.387 e. The van der Waals surface area contributed by atoms with Crippen LogP contribution in [-0.4, -0.2) is 44.8 Å². The molecule has 0 radical (unpaired) electrons. The fourth-order valence-corrected chi connectivity index (χ4v) is 3.05. The van der Waals surface area contributed by atoms with Crippen molar-refractivity contribution < 1.29 is 13.5 Å². The number of hydrogen-bond acceptors (Lipinski definition) is 3. The number of ether oxygens (including phenoxy) is 1. The molecule has 1 saturated carbocycles. The standard InChI is InChI=1S/C18H26F2N4O.HI/c1-2-21-18(22-11-13-7-8-13)23-14-9-10-24(12-14)15-5-3-4-6-16(15)25-17(19)20;/h3-6,13-14,17H,2,7-12H2,1H3,(H2,21,22,23);1H. The van der Waals surface area contributed by atoms with E-state index in [4.69, 9.17) is 0 Å². The van der Waals surface area contributed by atoms with E-state index >= 15 is 0 Å². The van der Waals surface area contributed by atoms with Crippen molar-refractivity contribution in [2.75, 3.05) is 31.1 Å². The van der Waals surface area contributed by atoms with E-state index in [0.29, 0.717) is 5.69 Å². The second-order valence-corrected chi connectivity index (χ2v) is 6.59. The zero-order valence-electron chi connectivity index (χ0n) is 15.0. The predicted molar refractivity (Wildman–Crippen MR) is 111 cm³/mol. The van der Waals surface area contributed by atoms with Crippen molar-refractivity contribution >= 4 is 35.6 Å². The highest BCUT2D eigenvalue weighted by molar-refractivity contribution is 14.0. The molecule has 5 nitrogen and oxygen atoms in total. The van der Waals surface area contributed by atoms with Crippen LogP contribution in [0.15, 0.2) is 29.3 Å². The summed E-state index contributed by atoms with van der Waals surface area (Å²) in [6.07, 6.45) is 3.49. The molecule has 2 N–H and O–H groups in total. The average molecular weight is 480 g/mol. The van der Waals surface area contributed by atoms with Gasteiger partial charge in [0.05, 0.1) is 5.69 Å². The minimum Gasteiger partial charge on any atom is -0.433 e. The maximum absolute atomic E-state index is 12.6. The summed E-state index contributed by atoms with van der Waals surface area (Å²) in [7, 11) is 0. The molecule has 2 fully saturated rings. The smallest absolute Gasteiger partial charge is 0.387 e. The van der Waals surface area contributed by atoms with Gasteiger partial charge in [-0.25, -0.2) is 0 Å². The number of para-hydroxylation sites is 2. The number of halogens is 3. The van der Waals surface area contributed by atoms with E-state index in [1.807, 2.05) is 19.1 Å². The van der Waals surface area contributed by atoms with Gasteiger partial charge in [-0.3, -0.25) is 4.99 Å². The molecule has 1 aromatic rings. The van der Waals surface area contributed by atoms with Gasteiger partial charge >= 0.3 is 6.61 Å². The van der Waals surface area contributed by atoms with E-state index in [9.17, 15) is 8.78 Å². The Kier molecular flexibility index (Phi) is 8.17. The molecule has 1 aliphatic carbocycles. The van der Waals surface area contributed by atoms with E-state index in [1.165, 1.54) is 12.8 Å². The molecule has 1 aliphatic heterocycles. The average Bonchev–Trinajstić information content (AvgIpc) is 3.30. The summed E-state index contributed by atoms with van der Waals surface area (Å²) in [6.45, 7) is 2.45. The highest BCUT2D eigenvalue weighted by Crippen LogP contribution is 2.32. The van der Waals surface area contributed by atoms with Crippen LogP contribution in [0.5, 0.6) is 5.75 Å². The van der Waals surface area contributed by atoms with Crippen molar-refractivity contribution in [3.05, 3.63) is 24.3 Å². The van der Waals surface area contributed by atoms with Crippen molar-refractivity contribution in [1.29, 1.82) is 0 Å². The molecule has 8 heteroatoms. The van der Waals surface area contributed by atoms with Crippen molar-refractivity contribution in [1.82, 2.24) is 10.6 Å². The fourth-order valence-electron chi connectivity index (χ4n) is 3.05. The molecule has 26 heavy (non-hydrogen) atoms. The summed E-state index contributed by atoms with van der Waals surface area (Å²) >= 11 is 0. The molecule has 0 aromatic heterocycles. The largest absolute Gasteiger partial charge is 0.433 e. The molecule has 0 spiro atoms. The number of nitrogens with one attached hydrogen (secondary N) is 2. The summed E-state index contributed by atoms with van der Waals surface area (Å²) in [5.74, 6) is 1.82. The number of rotatable bonds is 7. The fraction of sp³-hybridized carbons (Fsp3) is 0.611. The monoisotopic (exact) mass is 480 g/mol. The zero-order chi connectivity index (χ0) is 17.6. The number of aliphatic imine (C=N–C) groups is 1. The highest BCUT2D eigenvalue weighted by atomic mass is 127. The van der Waals surface area contributed by atoms with Crippen molar-refractivity contribution in [2.24, 2.45) is 10.9 Å². The third-order valence-corrected chi connectivity index (χ3v) is 4.50. The van der Waals surface area contributed by atoms with Crippen LogP contribution in [0.25, 0.3) is 0 Å². The lowest BCUT2D eigenvalue weighted by molar-refractivity contribution is -0.0495. The van der Waals surface area contributed by atoms with Crippen LogP contribution in [-0.2, 0) is 0 Å². The number of nitrogens with zero attached hydrogens (tertiary/aromatic N) is 2. The van der Waals surface area contributed by atoms with Gasteiger partial charge in [0.1, 0.15) is 5.75 Å². The van der Waals surface area contributed by atoms with Crippen LogP contribution in [0.4, 0.5) is 14.5 Å². The summed E-state index contributed by atoms with van der Waals surface area (Å²) in [5, 5.41) is 6.75. The molecular formula is C18H27F2IN4O. The first-order valence-electron chi connectivity index (χ1n) is 8.99. The summed E-state index contributed by atoms with van der Waals surface area (Å²) in [4.78, 5) is 6.73. The Balaban J connectivity index is 0.00000243. The van der Waals surface area contributed by atoms with Gasteiger partial charge in [0.15, 0.2) is 5.96 Å². The Morgan fingerprint density at radius 2 is 2.08 bits per heavy atom. The lowest BCUT2D eigenvalue weighted by Gasteiger charge is -2.22. The molecule has 1 heterocycles. The Morgan fingerprint density at radius 3 is 2.77 bits per heavy atom. The van der Waals surface area contributed by atoms with Crippen molar-refractivity contribution in [2.45, 2.75) is 38.8 Å². The number of benzene rings is 1. The Hall–Kier alpha value is -1.32. The number of hydrogen-bond donors (Lipinski definition) is 2. The molecular weight excluding hydrogens is 453 g/mol. The van der Waals surface area contributed by atoms with Gasteiger partial charge in [0.2, 0.25) is 0 Å². The second-order valence-electron chi connectivity index (χ2n) is 6.59. The SMILES string of the molecule is CCNC(=NCC1CC1)NC1CCN(c2ccccc2OC(F)F)C1.I. The maximum atomic E-state index is 12.6. The minimum atomic E-state index is -2.81. The number of guanidine groups is 1. The molecule has 0 bridgehead atoms. The third kappa shape index (κ3) is 6.14. The Labute approximate surface area is 170 Å². The lowest BCUT2D eigenvalue weighted by Crippen LogP contribution is -2.44. The van der Waals surface area contributed by atoms with E-state index in [1.54, 1.807) is 12.1 Å². The Bertz CT molecular complexity index is 598. The van der Waals surface area contributed by atoms with E-state index < -0.39 is 6.61 Å². The van der Waals surface area contributed by atoms with Crippen LogP contribution in [0.3, 0.4) is 0 Å². The zero-order valence-corrected chi connectivity index (χ0v) is 17.3. The first kappa shape index (κ1) is 21.0.